The van der Waals surface area contributed by atoms with Crippen LogP contribution >= 0.6 is 11.3 Å². The summed E-state index contributed by atoms with van der Waals surface area (Å²) in [5.41, 5.74) is 3.40. The molecule has 2 N–H and O–H groups in total. The van der Waals surface area contributed by atoms with Gasteiger partial charge in [0.1, 0.15) is 5.75 Å². The maximum Gasteiger partial charge on any atom is 0.313 e. The molecule has 0 saturated carbocycles. The molecule has 2 aromatic heterocycles. The lowest BCUT2D eigenvalue weighted by Gasteiger charge is -2.08. The first-order valence-electron chi connectivity index (χ1n) is 10.1. The highest BCUT2D eigenvalue weighted by Crippen LogP contribution is 2.26. The van der Waals surface area contributed by atoms with Gasteiger partial charge in [0.25, 0.3) is 0 Å². The van der Waals surface area contributed by atoms with Crippen LogP contribution in [0.5, 0.6) is 5.75 Å². The number of aromatic nitrogens is 3. The standard InChI is InChI=1S/C23H23N5O3S/c1-14-6-4-5-7-18(14)25-22(30)21(29)24-13-12-19-15(2)28-23(32-19)26-20(27-28)16-8-10-17(31-3)11-9-16/h4-11H,12-13H2,1-3H3,(H,24,29)(H,25,30). The van der Waals surface area contributed by atoms with Crippen LogP contribution in [0.4, 0.5) is 5.69 Å². The normalized spacial score (nSPS) is 10.8. The van der Waals surface area contributed by atoms with Crippen molar-refractivity contribution in [3.05, 3.63) is 64.7 Å². The fraction of sp³-hybridized carbons (Fsp3) is 0.217. The maximum atomic E-state index is 12.1. The molecule has 0 aliphatic heterocycles. The second-order valence-electron chi connectivity index (χ2n) is 7.24. The van der Waals surface area contributed by atoms with Gasteiger partial charge in [0.15, 0.2) is 5.82 Å². The third kappa shape index (κ3) is 4.47. The average molecular weight is 450 g/mol. The quantitative estimate of drug-likeness (QED) is 0.440. The van der Waals surface area contributed by atoms with Gasteiger partial charge in [-0.1, -0.05) is 29.5 Å². The van der Waals surface area contributed by atoms with Gasteiger partial charge in [-0.15, -0.1) is 5.10 Å². The van der Waals surface area contributed by atoms with Gasteiger partial charge in [0.2, 0.25) is 4.96 Å². The minimum absolute atomic E-state index is 0.343. The van der Waals surface area contributed by atoms with E-state index in [1.165, 1.54) is 11.3 Å². The zero-order valence-corrected chi connectivity index (χ0v) is 18.8. The molecule has 0 unspecified atom stereocenters. The Morgan fingerprint density at radius 2 is 1.81 bits per heavy atom. The van der Waals surface area contributed by atoms with Gasteiger partial charge in [0.05, 0.1) is 12.8 Å². The van der Waals surface area contributed by atoms with Crippen LogP contribution in [-0.4, -0.2) is 40.1 Å². The number of carbonyl (C=O) groups excluding carboxylic acids is 2. The van der Waals surface area contributed by atoms with E-state index in [9.17, 15) is 9.59 Å². The number of hydrogen-bond acceptors (Lipinski definition) is 6. The Labute approximate surface area is 189 Å². The van der Waals surface area contributed by atoms with E-state index in [0.29, 0.717) is 24.5 Å². The first-order chi connectivity index (χ1) is 15.5. The molecule has 8 nitrogen and oxygen atoms in total. The van der Waals surface area contributed by atoms with Crippen LogP contribution in [0.15, 0.2) is 48.5 Å². The molecule has 0 bridgehead atoms. The topological polar surface area (TPSA) is 97.6 Å². The van der Waals surface area contributed by atoms with Gasteiger partial charge >= 0.3 is 11.8 Å². The number of aryl methyl sites for hydroxylation is 2. The van der Waals surface area contributed by atoms with Crippen molar-refractivity contribution >= 4 is 33.8 Å². The van der Waals surface area contributed by atoms with Crippen LogP contribution in [-0.2, 0) is 16.0 Å². The second kappa shape index (κ2) is 9.19. The van der Waals surface area contributed by atoms with Gasteiger partial charge in [-0.05, 0) is 49.7 Å². The number of methoxy groups -OCH3 is 1. The largest absolute Gasteiger partial charge is 0.497 e. The summed E-state index contributed by atoms with van der Waals surface area (Å²) < 4.78 is 7.00. The highest BCUT2D eigenvalue weighted by molar-refractivity contribution is 7.17. The van der Waals surface area contributed by atoms with E-state index in [1.807, 2.05) is 60.8 Å². The van der Waals surface area contributed by atoms with Crippen molar-refractivity contribution < 1.29 is 14.3 Å². The number of para-hydroxylation sites is 1. The molecular weight excluding hydrogens is 426 g/mol. The van der Waals surface area contributed by atoms with Gasteiger partial charge in [-0.3, -0.25) is 9.59 Å². The number of benzene rings is 2. The number of hydrogen-bond donors (Lipinski definition) is 2. The molecule has 0 radical (unpaired) electrons. The smallest absolute Gasteiger partial charge is 0.313 e. The molecule has 0 aliphatic carbocycles. The van der Waals surface area contributed by atoms with E-state index in [0.717, 1.165) is 32.4 Å². The second-order valence-corrected chi connectivity index (χ2v) is 8.31. The third-order valence-electron chi connectivity index (χ3n) is 5.10. The molecule has 4 aromatic rings. The van der Waals surface area contributed by atoms with Crippen LogP contribution in [0.3, 0.4) is 0 Å². The monoisotopic (exact) mass is 449 g/mol. The molecule has 0 aliphatic rings. The van der Waals surface area contributed by atoms with Crippen molar-refractivity contribution in [1.82, 2.24) is 19.9 Å². The molecule has 2 amide bonds. The number of thiazole rings is 1. The van der Waals surface area contributed by atoms with Crippen LogP contribution in [0, 0.1) is 13.8 Å². The fourth-order valence-electron chi connectivity index (χ4n) is 3.24. The predicted octanol–water partition coefficient (Wildman–Crippen LogP) is 3.38. The predicted molar refractivity (Wildman–Crippen MR) is 124 cm³/mol. The van der Waals surface area contributed by atoms with E-state index >= 15 is 0 Å². The number of ether oxygens (including phenoxy) is 1. The SMILES string of the molecule is COc1ccc(-c2nc3sc(CCNC(=O)C(=O)Nc4ccccc4C)c(C)n3n2)cc1. The summed E-state index contributed by atoms with van der Waals surface area (Å²) in [6.45, 7) is 4.19. The van der Waals surface area contributed by atoms with Crippen molar-refractivity contribution in [2.45, 2.75) is 20.3 Å². The van der Waals surface area contributed by atoms with Crippen molar-refractivity contribution in [3.8, 4) is 17.1 Å². The van der Waals surface area contributed by atoms with Crippen LogP contribution in [0.2, 0.25) is 0 Å². The number of nitrogens with zero attached hydrogens (tertiary/aromatic N) is 3. The Hall–Kier alpha value is -3.72. The Morgan fingerprint density at radius 1 is 1.06 bits per heavy atom. The number of amides is 2. The molecular formula is C23H23N5O3S. The summed E-state index contributed by atoms with van der Waals surface area (Å²) in [5.74, 6) is 0.0903. The van der Waals surface area contributed by atoms with Crippen molar-refractivity contribution in [2.75, 3.05) is 19.0 Å². The molecule has 0 fully saturated rings. The van der Waals surface area contributed by atoms with E-state index in [-0.39, 0.29) is 0 Å². The Balaban J connectivity index is 1.36. The van der Waals surface area contributed by atoms with Gasteiger partial charge in [-0.25, -0.2) is 4.52 Å². The highest BCUT2D eigenvalue weighted by atomic mass is 32.1. The maximum absolute atomic E-state index is 12.1. The summed E-state index contributed by atoms with van der Waals surface area (Å²) in [7, 11) is 1.63. The summed E-state index contributed by atoms with van der Waals surface area (Å²) in [4.78, 5) is 30.7. The first kappa shape index (κ1) is 21.5. The molecule has 0 spiro atoms. The fourth-order valence-corrected chi connectivity index (χ4v) is 4.30. The Kier molecular flexibility index (Phi) is 6.18. The zero-order valence-electron chi connectivity index (χ0n) is 18.0. The highest BCUT2D eigenvalue weighted by Gasteiger charge is 2.17. The Morgan fingerprint density at radius 3 is 2.50 bits per heavy atom. The van der Waals surface area contributed by atoms with E-state index in [1.54, 1.807) is 13.2 Å². The van der Waals surface area contributed by atoms with Crippen LogP contribution in [0.1, 0.15) is 16.1 Å². The van der Waals surface area contributed by atoms with Gasteiger partial charge in [-0.2, -0.15) is 4.98 Å². The number of rotatable bonds is 6. The summed E-state index contributed by atoms with van der Waals surface area (Å²) in [6.07, 6.45) is 0.586. The van der Waals surface area contributed by atoms with Gasteiger partial charge in [0, 0.05) is 29.1 Å². The lowest BCUT2D eigenvalue weighted by Crippen LogP contribution is -2.36. The van der Waals surface area contributed by atoms with Crippen LogP contribution < -0.4 is 15.4 Å². The Bertz CT molecular complexity index is 1280. The summed E-state index contributed by atoms with van der Waals surface area (Å²) in [5, 5.41) is 9.92. The molecule has 0 saturated heterocycles. The van der Waals surface area contributed by atoms with Crippen molar-refractivity contribution in [3.63, 3.8) is 0 Å². The van der Waals surface area contributed by atoms with Crippen molar-refractivity contribution in [2.24, 2.45) is 0 Å². The van der Waals surface area contributed by atoms with Crippen LogP contribution in [0.25, 0.3) is 16.3 Å². The molecule has 9 heteroatoms. The third-order valence-corrected chi connectivity index (χ3v) is 6.29. The molecule has 2 aromatic carbocycles. The van der Waals surface area contributed by atoms with E-state index in [2.05, 4.69) is 20.7 Å². The average Bonchev–Trinajstić information content (AvgIpc) is 3.34. The lowest BCUT2D eigenvalue weighted by molar-refractivity contribution is -0.136. The van der Waals surface area contributed by atoms with E-state index in [4.69, 9.17) is 4.74 Å². The number of fused-ring (bicyclic) bond motifs is 1. The molecule has 164 valence electrons. The lowest BCUT2D eigenvalue weighted by atomic mass is 10.2. The molecule has 4 rings (SSSR count). The number of carbonyl (C=O) groups is 2. The summed E-state index contributed by atoms with van der Waals surface area (Å²) >= 11 is 1.52. The van der Waals surface area contributed by atoms with Crippen molar-refractivity contribution in [1.29, 1.82) is 0 Å². The first-order valence-corrected chi connectivity index (χ1v) is 10.9. The summed E-state index contributed by atoms with van der Waals surface area (Å²) in [6, 6.07) is 14.9. The molecule has 2 heterocycles. The van der Waals surface area contributed by atoms with Gasteiger partial charge < -0.3 is 15.4 Å². The minimum Gasteiger partial charge on any atom is -0.497 e. The van der Waals surface area contributed by atoms with E-state index < -0.39 is 11.8 Å². The molecule has 0 atom stereocenters. The molecule has 32 heavy (non-hydrogen) atoms. The minimum atomic E-state index is -0.678. The number of anilines is 1. The number of nitrogens with one attached hydrogen (secondary N) is 2. The zero-order chi connectivity index (χ0) is 22.7.